The van der Waals surface area contributed by atoms with E-state index in [1.807, 2.05) is 66.7 Å². The van der Waals surface area contributed by atoms with Gasteiger partial charge in [-0.05, 0) is 132 Å². The highest BCUT2D eigenvalue weighted by molar-refractivity contribution is 7.26. The summed E-state index contributed by atoms with van der Waals surface area (Å²) in [6.45, 7) is 8.72. The van der Waals surface area contributed by atoms with Crippen LogP contribution in [0.4, 0.5) is 0 Å². The van der Waals surface area contributed by atoms with Gasteiger partial charge in [0, 0.05) is 60.5 Å². The van der Waals surface area contributed by atoms with Crippen LogP contribution in [0.3, 0.4) is 0 Å². The third-order valence-corrected chi connectivity index (χ3v) is 19.1. The van der Waals surface area contributed by atoms with E-state index in [-0.39, 0.29) is 0 Å². The molecule has 460 valence electrons. The monoisotopic (exact) mass is 1260 g/mol. The Balaban J connectivity index is 0.937. The zero-order valence-corrected chi connectivity index (χ0v) is 55.1. The molecule has 17 aromatic rings. The number of para-hydroxylation sites is 4. The van der Waals surface area contributed by atoms with Crippen LogP contribution in [0.25, 0.3) is 168 Å². The van der Waals surface area contributed by atoms with E-state index in [4.69, 9.17) is 29.9 Å². The van der Waals surface area contributed by atoms with Gasteiger partial charge < -0.3 is 9.13 Å². The van der Waals surface area contributed by atoms with E-state index in [0.29, 0.717) is 34.7 Å². The van der Waals surface area contributed by atoms with Crippen LogP contribution in [0.2, 0.25) is 0 Å². The van der Waals surface area contributed by atoms with E-state index in [2.05, 4.69) is 277 Å². The molecular weight excluding hydrogens is 1200 g/mol. The molecule has 4 aromatic heterocycles. The fourth-order valence-electron chi connectivity index (χ4n) is 14.5. The lowest BCUT2D eigenvalue weighted by atomic mass is 9.87. The minimum absolute atomic E-state index is 0.544. The molecule has 13 aromatic carbocycles. The average Bonchev–Trinajstić information content (AvgIpc) is 1.60. The highest BCUT2D eigenvalue weighted by atomic mass is 31.0. The van der Waals surface area contributed by atoms with Crippen LogP contribution in [-0.2, 0) is 0 Å². The summed E-state index contributed by atoms with van der Waals surface area (Å²) >= 11 is 0. The van der Waals surface area contributed by atoms with Gasteiger partial charge in [0.05, 0.1) is 33.4 Å². The van der Waals surface area contributed by atoms with Crippen LogP contribution in [0, 0.1) is 27.7 Å². The van der Waals surface area contributed by atoms with Gasteiger partial charge in [0.15, 0.2) is 29.1 Å². The fraction of sp³-hybridized carbons (Fsp3) is 0.0455. The normalized spacial score (nSPS) is 11.6. The average molecular weight is 1260 g/mol. The molecule has 0 radical (unpaired) electrons. The number of fused-ring (bicyclic) bond motifs is 6. The molecule has 0 bridgehead atoms. The zero-order valence-electron chi connectivity index (χ0n) is 53.9. The number of hydrogen-bond donors (Lipinski definition) is 0. The quantitative estimate of drug-likeness (QED) is 0.113. The van der Waals surface area contributed by atoms with E-state index in [1.54, 1.807) is 0 Å². The van der Waals surface area contributed by atoms with Gasteiger partial charge in [0.25, 0.3) is 0 Å². The molecule has 4 heterocycles. The molecule has 97 heavy (non-hydrogen) atoms. The van der Waals surface area contributed by atoms with Crippen molar-refractivity contribution in [3.05, 3.63) is 320 Å². The Kier molecular flexibility index (Phi) is 14.7. The molecule has 0 aliphatic heterocycles. The standard InChI is InChI=1S/C88H63N8P/c1-54-42-46-63(56(3)50-54)61-44-48-79-75(52-61)69-34-18-20-40-77(69)95(79)81-71(36-22-38-73(81)86-90-83(58-24-8-5-9-25-58)89-84(91-86)59-26-10-6-11-27-59)67-32-16-14-30-65(67)66-31-15-17-33-68(66)72-37-23-39-74(87-92-85(93-88(97)94-87)60-28-12-7-13-29-60)82(72)96-78-41-21-19-35-70(78)76-53-62(45-49-80(76)96)64-47-43-55(2)51-57(64)4/h5-53H,97H2,1-4H3. The molecule has 0 amide bonds. The summed E-state index contributed by atoms with van der Waals surface area (Å²) in [4.78, 5) is 31.6. The molecule has 0 N–H and O–H groups in total. The molecule has 0 aliphatic rings. The topological polar surface area (TPSA) is 87.2 Å². The van der Waals surface area contributed by atoms with Gasteiger partial charge in [-0.3, -0.25) is 0 Å². The maximum Gasteiger partial charge on any atom is 0.166 e. The van der Waals surface area contributed by atoms with Gasteiger partial charge in [-0.2, -0.15) is 0 Å². The Bertz CT molecular complexity index is 5900. The Hall–Kier alpha value is -12.1. The second kappa shape index (κ2) is 24.3. The lowest BCUT2D eigenvalue weighted by Gasteiger charge is -2.23. The molecule has 1 unspecified atom stereocenters. The van der Waals surface area contributed by atoms with Crippen molar-refractivity contribution in [1.29, 1.82) is 0 Å². The number of rotatable bonds is 12. The van der Waals surface area contributed by atoms with Crippen molar-refractivity contribution in [3.63, 3.8) is 0 Å². The first-order chi connectivity index (χ1) is 47.7. The zero-order chi connectivity index (χ0) is 65.3. The van der Waals surface area contributed by atoms with Crippen molar-refractivity contribution in [2.45, 2.75) is 27.7 Å². The van der Waals surface area contributed by atoms with Crippen molar-refractivity contribution in [2.75, 3.05) is 0 Å². The molecule has 1 atom stereocenters. The lowest BCUT2D eigenvalue weighted by molar-refractivity contribution is 1.06. The second-order valence-electron chi connectivity index (χ2n) is 25.0. The number of aryl methyl sites for hydroxylation is 4. The number of nitrogens with zero attached hydrogens (tertiary/aromatic N) is 8. The summed E-state index contributed by atoms with van der Waals surface area (Å²) in [6, 6.07) is 106. The van der Waals surface area contributed by atoms with Crippen LogP contribution >= 0.6 is 9.24 Å². The van der Waals surface area contributed by atoms with Crippen molar-refractivity contribution in [3.8, 4) is 124 Å². The van der Waals surface area contributed by atoms with Crippen LogP contribution < -0.4 is 5.57 Å². The van der Waals surface area contributed by atoms with Gasteiger partial charge >= 0.3 is 0 Å². The van der Waals surface area contributed by atoms with Crippen LogP contribution in [0.1, 0.15) is 22.3 Å². The van der Waals surface area contributed by atoms with Gasteiger partial charge in [0.2, 0.25) is 0 Å². The maximum absolute atomic E-state index is 5.48. The Morgan fingerprint density at radius 3 is 0.969 bits per heavy atom. The predicted octanol–water partition coefficient (Wildman–Crippen LogP) is 21.7. The fourth-order valence-corrected chi connectivity index (χ4v) is 14.7. The predicted molar refractivity (Wildman–Crippen MR) is 405 cm³/mol. The number of aromatic nitrogens is 8. The van der Waals surface area contributed by atoms with Crippen molar-refractivity contribution in [2.24, 2.45) is 0 Å². The summed E-state index contributed by atoms with van der Waals surface area (Å²) in [7, 11) is 2.76. The third kappa shape index (κ3) is 10.5. The van der Waals surface area contributed by atoms with Gasteiger partial charge in [-0.25, -0.2) is 29.9 Å². The highest BCUT2D eigenvalue weighted by Gasteiger charge is 2.28. The van der Waals surface area contributed by atoms with E-state index < -0.39 is 0 Å². The number of benzene rings is 13. The van der Waals surface area contributed by atoms with Crippen molar-refractivity contribution in [1.82, 2.24) is 39.0 Å². The van der Waals surface area contributed by atoms with E-state index in [1.165, 1.54) is 33.4 Å². The van der Waals surface area contributed by atoms with Crippen LogP contribution in [-0.4, -0.2) is 39.0 Å². The Labute approximate surface area is 565 Å². The van der Waals surface area contributed by atoms with E-state index in [0.717, 1.165) is 127 Å². The first-order valence-corrected chi connectivity index (χ1v) is 33.4. The summed E-state index contributed by atoms with van der Waals surface area (Å²) in [5.74, 6) is 2.87. The van der Waals surface area contributed by atoms with Crippen molar-refractivity contribution >= 4 is 58.4 Å². The van der Waals surface area contributed by atoms with Gasteiger partial charge in [-0.1, -0.05) is 269 Å². The first-order valence-electron chi connectivity index (χ1n) is 32.8. The minimum Gasteiger partial charge on any atom is -0.308 e. The third-order valence-electron chi connectivity index (χ3n) is 18.8. The highest BCUT2D eigenvalue weighted by Crippen LogP contribution is 2.49. The van der Waals surface area contributed by atoms with Crippen LogP contribution in [0.15, 0.2) is 297 Å². The Morgan fingerprint density at radius 1 is 0.227 bits per heavy atom. The minimum atomic E-state index is 0.544. The van der Waals surface area contributed by atoms with Gasteiger partial charge in [-0.15, -0.1) is 0 Å². The largest absolute Gasteiger partial charge is 0.308 e. The van der Waals surface area contributed by atoms with Crippen molar-refractivity contribution < 1.29 is 0 Å². The Morgan fingerprint density at radius 2 is 0.546 bits per heavy atom. The smallest absolute Gasteiger partial charge is 0.166 e. The molecule has 9 heteroatoms. The SMILES string of the molecule is Cc1ccc(-c2ccc3c(c2)c2ccccc2n3-c2c(-c3nc(P)nc(-c4ccccc4)n3)cccc2-c2ccccc2-c2ccccc2-c2cccc(-c3nc(-c4ccccc4)nc(-c4ccccc4)n3)c2-n2c3ccccc3c3cc(-c4ccc(C)cc4C)ccc32)c(C)c1. The van der Waals surface area contributed by atoms with Gasteiger partial charge in [0.1, 0.15) is 5.57 Å². The summed E-state index contributed by atoms with van der Waals surface area (Å²) < 4.78 is 4.89. The van der Waals surface area contributed by atoms with E-state index >= 15 is 0 Å². The molecule has 17 rings (SSSR count). The molecule has 8 nitrogen and oxygen atoms in total. The molecule has 0 aliphatic carbocycles. The van der Waals surface area contributed by atoms with Crippen LogP contribution in [0.5, 0.6) is 0 Å². The lowest BCUT2D eigenvalue weighted by Crippen LogP contribution is -2.11. The van der Waals surface area contributed by atoms with E-state index in [9.17, 15) is 0 Å². The molecule has 0 spiro atoms. The summed E-state index contributed by atoms with van der Waals surface area (Å²) in [6.07, 6.45) is 0. The number of hydrogen-bond acceptors (Lipinski definition) is 6. The first kappa shape index (κ1) is 58.7. The maximum atomic E-state index is 5.48. The molecule has 0 fully saturated rings. The molecular formula is C88H63N8P. The molecule has 0 saturated carbocycles. The second-order valence-corrected chi connectivity index (χ2v) is 25.6. The molecule has 0 saturated heterocycles. The summed E-state index contributed by atoms with van der Waals surface area (Å²) in [5.41, 5.74) is 26.9. The summed E-state index contributed by atoms with van der Waals surface area (Å²) in [5, 5.41) is 4.55.